The molecule has 0 fully saturated rings. The summed E-state index contributed by atoms with van der Waals surface area (Å²) in [5, 5.41) is 13.2. The van der Waals surface area contributed by atoms with Crippen LogP contribution >= 0.6 is 15.9 Å². The molecule has 19 heavy (non-hydrogen) atoms. The molecule has 0 aliphatic rings. The predicted octanol–water partition coefficient (Wildman–Crippen LogP) is 2.05. The molecule has 1 aromatic heterocycles. The molecule has 0 radical (unpaired) electrons. The van der Waals surface area contributed by atoms with Crippen LogP contribution in [0.3, 0.4) is 0 Å². The first-order chi connectivity index (χ1) is 8.65. The summed E-state index contributed by atoms with van der Waals surface area (Å²) in [6.07, 6.45) is -7.42. The van der Waals surface area contributed by atoms with E-state index in [-0.39, 0.29) is 12.2 Å². The molecule has 0 aromatic carbocycles. The molecule has 0 amide bonds. The van der Waals surface area contributed by atoms with E-state index in [0.29, 0.717) is 10.2 Å². The summed E-state index contributed by atoms with van der Waals surface area (Å²) < 4.78 is 42.3. The molecule has 1 aromatic rings. The standard InChI is InChI=1S/C10H12BrF3N2O3/c1-5-7(11)8(9(18)19-2)15-16(5)4-6(17)3-10(12,13)14/h6,17H,3-4H2,1-2H3. The van der Waals surface area contributed by atoms with Crippen LogP contribution in [0, 0.1) is 6.92 Å². The Labute approximate surface area is 115 Å². The first kappa shape index (κ1) is 16.0. The van der Waals surface area contributed by atoms with Gasteiger partial charge in [-0.1, -0.05) is 0 Å². The van der Waals surface area contributed by atoms with Crippen molar-refractivity contribution in [2.24, 2.45) is 0 Å². The number of carbonyl (C=O) groups excluding carboxylic acids is 1. The number of nitrogens with zero attached hydrogens (tertiary/aromatic N) is 2. The Morgan fingerprint density at radius 2 is 2.16 bits per heavy atom. The summed E-state index contributed by atoms with van der Waals surface area (Å²) in [6.45, 7) is 1.20. The van der Waals surface area contributed by atoms with Crippen molar-refractivity contribution in [3.05, 3.63) is 15.9 Å². The van der Waals surface area contributed by atoms with Crippen molar-refractivity contribution in [1.29, 1.82) is 0 Å². The van der Waals surface area contributed by atoms with E-state index in [4.69, 9.17) is 0 Å². The highest BCUT2D eigenvalue weighted by Gasteiger charge is 2.32. The molecular formula is C10H12BrF3N2O3. The largest absolute Gasteiger partial charge is 0.464 e. The number of aliphatic hydroxyl groups excluding tert-OH is 1. The lowest BCUT2D eigenvalue weighted by Crippen LogP contribution is -2.25. The second kappa shape index (κ2) is 5.91. The summed E-state index contributed by atoms with van der Waals surface area (Å²) in [6, 6.07) is 0. The zero-order valence-electron chi connectivity index (χ0n) is 10.2. The molecule has 108 valence electrons. The Hall–Kier alpha value is -1.09. The van der Waals surface area contributed by atoms with Crippen LogP contribution < -0.4 is 0 Å². The van der Waals surface area contributed by atoms with Gasteiger partial charge in [0, 0.05) is 0 Å². The van der Waals surface area contributed by atoms with Crippen LogP contribution in [0.2, 0.25) is 0 Å². The lowest BCUT2D eigenvalue weighted by atomic mass is 10.2. The van der Waals surface area contributed by atoms with Crippen LogP contribution in [0.25, 0.3) is 0 Å². The van der Waals surface area contributed by atoms with Gasteiger partial charge >= 0.3 is 12.1 Å². The van der Waals surface area contributed by atoms with Gasteiger partial charge in [-0.3, -0.25) is 4.68 Å². The number of methoxy groups -OCH3 is 1. The summed E-state index contributed by atoms with van der Waals surface area (Å²) in [5.41, 5.74) is 0.390. The summed E-state index contributed by atoms with van der Waals surface area (Å²) in [5.74, 6) is -0.709. The van der Waals surface area contributed by atoms with Gasteiger partial charge in [-0.15, -0.1) is 0 Å². The van der Waals surface area contributed by atoms with Gasteiger partial charge in [0.1, 0.15) is 0 Å². The number of esters is 1. The van der Waals surface area contributed by atoms with E-state index < -0.39 is 24.7 Å². The molecule has 1 rings (SSSR count). The van der Waals surface area contributed by atoms with Crippen molar-refractivity contribution in [3.63, 3.8) is 0 Å². The predicted molar refractivity (Wildman–Crippen MR) is 62.7 cm³/mol. The number of hydrogen-bond donors (Lipinski definition) is 1. The third kappa shape index (κ3) is 4.20. The molecule has 1 heterocycles. The van der Waals surface area contributed by atoms with E-state index in [1.165, 1.54) is 7.11 Å². The number of aliphatic hydroxyl groups is 1. The van der Waals surface area contributed by atoms with Crippen molar-refractivity contribution < 1.29 is 27.8 Å². The Morgan fingerprint density at radius 3 is 2.63 bits per heavy atom. The molecule has 9 heteroatoms. The SMILES string of the molecule is COC(=O)c1nn(CC(O)CC(F)(F)F)c(C)c1Br. The number of hydrogen-bond acceptors (Lipinski definition) is 4. The summed E-state index contributed by atoms with van der Waals surface area (Å²) >= 11 is 3.11. The maximum Gasteiger partial charge on any atom is 0.391 e. The number of alkyl halides is 3. The fraction of sp³-hybridized carbons (Fsp3) is 0.600. The molecule has 0 spiro atoms. The minimum absolute atomic E-state index is 0.0424. The Kier molecular flexibility index (Phi) is 4.97. The van der Waals surface area contributed by atoms with Crippen molar-refractivity contribution in [1.82, 2.24) is 9.78 Å². The Morgan fingerprint density at radius 1 is 1.58 bits per heavy atom. The molecule has 0 aliphatic carbocycles. The highest BCUT2D eigenvalue weighted by Crippen LogP contribution is 2.25. The second-order valence-corrected chi connectivity index (χ2v) is 4.69. The highest BCUT2D eigenvalue weighted by molar-refractivity contribution is 9.10. The molecule has 1 atom stereocenters. The molecular weight excluding hydrogens is 333 g/mol. The second-order valence-electron chi connectivity index (χ2n) is 3.89. The van der Waals surface area contributed by atoms with Crippen molar-refractivity contribution in [2.75, 3.05) is 7.11 Å². The van der Waals surface area contributed by atoms with Crippen LogP contribution in [0.4, 0.5) is 13.2 Å². The third-order valence-corrected chi connectivity index (χ3v) is 3.31. The molecule has 5 nitrogen and oxygen atoms in total. The summed E-state index contributed by atoms with van der Waals surface area (Å²) in [4.78, 5) is 11.3. The number of ether oxygens (including phenoxy) is 1. The van der Waals surface area contributed by atoms with E-state index >= 15 is 0 Å². The topological polar surface area (TPSA) is 64.3 Å². The summed E-state index contributed by atoms with van der Waals surface area (Å²) in [7, 11) is 1.17. The minimum Gasteiger partial charge on any atom is -0.464 e. The van der Waals surface area contributed by atoms with Gasteiger partial charge in [-0.25, -0.2) is 4.79 Å². The monoisotopic (exact) mass is 344 g/mol. The van der Waals surface area contributed by atoms with Gasteiger partial charge in [-0.2, -0.15) is 18.3 Å². The van der Waals surface area contributed by atoms with Gasteiger partial charge in [-0.05, 0) is 22.9 Å². The smallest absolute Gasteiger partial charge is 0.391 e. The van der Waals surface area contributed by atoms with E-state index in [1.54, 1.807) is 6.92 Å². The number of carbonyl (C=O) groups is 1. The zero-order valence-corrected chi connectivity index (χ0v) is 11.7. The van der Waals surface area contributed by atoms with E-state index in [1.807, 2.05) is 0 Å². The van der Waals surface area contributed by atoms with Crippen molar-refractivity contribution >= 4 is 21.9 Å². The normalized spacial score (nSPS) is 13.4. The number of rotatable bonds is 4. The average Bonchev–Trinajstić information content (AvgIpc) is 2.54. The van der Waals surface area contributed by atoms with Gasteiger partial charge in [0.15, 0.2) is 5.69 Å². The first-order valence-electron chi connectivity index (χ1n) is 5.21. The third-order valence-electron chi connectivity index (χ3n) is 2.36. The lowest BCUT2D eigenvalue weighted by Gasteiger charge is -2.13. The van der Waals surface area contributed by atoms with Gasteiger partial charge in [0.2, 0.25) is 0 Å². The zero-order chi connectivity index (χ0) is 14.8. The number of aromatic nitrogens is 2. The highest BCUT2D eigenvalue weighted by atomic mass is 79.9. The quantitative estimate of drug-likeness (QED) is 0.849. The van der Waals surface area contributed by atoms with Crippen LogP contribution in [-0.4, -0.2) is 40.2 Å². The number of halogens is 4. The first-order valence-corrected chi connectivity index (χ1v) is 6.01. The minimum atomic E-state index is -4.46. The van der Waals surface area contributed by atoms with Crippen molar-refractivity contribution in [2.45, 2.75) is 32.2 Å². The average molecular weight is 345 g/mol. The van der Waals surface area contributed by atoms with E-state index in [0.717, 1.165) is 4.68 Å². The fourth-order valence-electron chi connectivity index (χ4n) is 1.46. The van der Waals surface area contributed by atoms with Gasteiger partial charge < -0.3 is 9.84 Å². The van der Waals surface area contributed by atoms with Crippen LogP contribution in [0.1, 0.15) is 22.6 Å². The maximum absolute atomic E-state index is 12.1. The molecule has 0 saturated heterocycles. The molecule has 0 saturated carbocycles. The van der Waals surface area contributed by atoms with Crippen molar-refractivity contribution in [3.8, 4) is 0 Å². The van der Waals surface area contributed by atoms with Gasteiger partial charge in [0.05, 0.1) is 36.3 Å². The Bertz CT molecular complexity index is 473. The van der Waals surface area contributed by atoms with Gasteiger partial charge in [0.25, 0.3) is 0 Å². The molecule has 1 N–H and O–H groups in total. The molecule has 1 unspecified atom stereocenters. The molecule has 0 aliphatic heterocycles. The molecule has 0 bridgehead atoms. The van der Waals surface area contributed by atoms with Crippen LogP contribution in [0.15, 0.2) is 4.47 Å². The fourth-order valence-corrected chi connectivity index (χ4v) is 1.91. The van der Waals surface area contributed by atoms with Crippen LogP contribution in [0.5, 0.6) is 0 Å². The van der Waals surface area contributed by atoms with E-state index in [9.17, 15) is 23.1 Å². The van der Waals surface area contributed by atoms with Crippen LogP contribution in [-0.2, 0) is 11.3 Å². The Balaban J connectivity index is 2.88. The maximum atomic E-state index is 12.1. The lowest BCUT2D eigenvalue weighted by molar-refractivity contribution is -0.154. The van der Waals surface area contributed by atoms with E-state index in [2.05, 4.69) is 25.8 Å².